The summed E-state index contributed by atoms with van der Waals surface area (Å²) in [4.78, 5) is 0. The van der Waals surface area contributed by atoms with Crippen LogP contribution in [0.4, 0.5) is 0 Å². The zero-order valence-electron chi connectivity index (χ0n) is 13.6. The van der Waals surface area contributed by atoms with Crippen LogP contribution < -0.4 is 4.74 Å². The standard InChI is InChI=1S/C16H19N5OS/c1-11-6-5-7-12(8-11)10-23-16-18-17-14(21(16)3)13-9-20(2)19-15(13)22-4/h5-9H,10H2,1-4H3. The normalized spacial score (nSPS) is 11.0. The van der Waals surface area contributed by atoms with Gasteiger partial charge in [-0.25, -0.2) is 0 Å². The Morgan fingerprint density at radius 1 is 1.22 bits per heavy atom. The van der Waals surface area contributed by atoms with Crippen molar-refractivity contribution in [3.63, 3.8) is 0 Å². The van der Waals surface area contributed by atoms with Crippen LogP contribution in [0.15, 0.2) is 35.6 Å². The SMILES string of the molecule is COc1nn(C)cc1-c1nnc(SCc2cccc(C)c2)n1C. The highest BCUT2D eigenvalue weighted by atomic mass is 32.2. The van der Waals surface area contributed by atoms with Gasteiger partial charge in [0.05, 0.1) is 7.11 Å². The fourth-order valence-corrected chi connectivity index (χ4v) is 3.25. The molecule has 1 aromatic carbocycles. The van der Waals surface area contributed by atoms with Crippen molar-refractivity contribution in [1.82, 2.24) is 24.5 Å². The third-order valence-electron chi connectivity index (χ3n) is 3.51. The number of aromatic nitrogens is 5. The summed E-state index contributed by atoms with van der Waals surface area (Å²) in [6, 6.07) is 8.49. The second kappa shape index (κ2) is 6.45. The molecule has 2 aromatic heterocycles. The van der Waals surface area contributed by atoms with E-state index in [2.05, 4.69) is 46.5 Å². The molecule has 0 unspecified atom stereocenters. The minimum atomic E-state index is 0.554. The summed E-state index contributed by atoms with van der Waals surface area (Å²) >= 11 is 1.67. The monoisotopic (exact) mass is 329 g/mol. The lowest BCUT2D eigenvalue weighted by molar-refractivity contribution is 0.393. The van der Waals surface area contributed by atoms with Crippen LogP contribution in [0.25, 0.3) is 11.4 Å². The Hall–Kier alpha value is -2.28. The number of rotatable bonds is 5. The second-order valence-electron chi connectivity index (χ2n) is 5.37. The van der Waals surface area contributed by atoms with Crippen LogP contribution in [0.1, 0.15) is 11.1 Å². The van der Waals surface area contributed by atoms with E-state index in [0.29, 0.717) is 5.88 Å². The predicted octanol–water partition coefficient (Wildman–Crippen LogP) is 2.82. The Labute approximate surface area is 139 Å². The number of benzene rings is 1. The number of hydrogen-bond donors (Lipinski definition) is 0. The summed E-state index contributed by atoms with van der Waals surface area (Å²) in [7, 11) is 5.42. The lowest BCUT2D eigenvalue weighted by atomic mass is 10.2. The van der Waals surface area contributed by atoms with Crippen LogP contribution in [-0.4, -0.2) is 31.7 Å². The largest absolute Gasteiger partial charge is 0.479 e. The van der Waals surface area contributed by atoms with Gasteiger partial charge in [-0.05, 0) is 12.5 Å². The molecule has 0 amide bonds. The highest BCUT2D eigenvalue weighted by Crippen LogP contribution is 2.30. The van der Waals surface area contributed by atoms with Crippen molar-refractivity contribution in [2.75, 3.05) is 7.11 Å². The third kappa shape index (κ3) is 3.24. The molecule has 3 rings (SSSR count). The van der Waals surface area contributed by atoms with E-state index in [9.17, 15) is 0 Å². The van der Waals surface area contributed by atoms with E-state index in [0.717, 1.165) is 22.3 Å². The van der Waals surface area contributed by atoms with E-state index < -0.39 is 0 Å². The van der Waals surface area contributed by atoms with Crippen LogP contribution in [0, 0.1) is 6.92 Å². The molecule has 0 aliphatic carbocycles. The van der Waals surface area contributed by atoms with Gasteiger partial charge in [-0.3, -0.25) is 4.68 Å². The molecule has 0 spiro atoms. The van der Waals surface area contributed by atoms with Crippen molar-refractivity contribution in [1.29, 1.82) is 0 Å². The fourth-order valence-electron chi connectivity index (χ4n) is 2.40. The summed E-state index contributed by atoms with van der Waals surface area (Å²) in [5.41, 5.74) is 3.38. The fraction of sp³-hybridized carbons (Fsp3) is 0.312. The van der Waals surface area contributed by atoms with Gasteiger partial charge in [0.1, 0.15) is 5.56 Å². The number of nitrogens with zero attached hydrogens (tertiary/aromatic N) is 5. The van der Waals surface area contributed by atoms with Crippen molar-refractivity contribution in [3.05, 3.63) is 41.6 Å². The second-order valence-corrected chi connectivity index (χ2v) is 6.31. The minimum absolute atomic E-state index is 0.554. The van der Waals surface area contributed by atoms with Crippen LogP contribution in [0.2, 0.25) is 0 Å². The molecule has 0 aliphatic rings. The number of hydrogen-bond acceptors (Lipinski definition) is 5. The van der Waals surface area contributed by atoms with Crippen molar-refractivity contribution in [2.45, 2.75) is 17.8 Å². The summed E-state index contributed by atoms with van der Waals surface area (Å²) in [6.07, 6.45) is 1.89. The first-order valence-corrected chi connectivity index (χ1v) is 8.23. The molecule has 3 aromatic rings. The molecule has 7 heteroatoms. The smallest absolute Gasteiger partial charge is 0.243 e. The van der Waals surface area contributed by atoms with Gasteiger partial charge in [-0.15, -0.1) is 15.3 Å². The molecule has 0 saturated carbocycles. The Bertz CT molecular complexity index is 824. The van der Waals surface area contributed by atoms with E-state index in [1.165, 1.54) is 11.1 Å². The molecule has 0 aliphatic heterocycles. The molecule has 0 bridgehead atoms. The highest BCUT2D eigenvalue weighted by Gasteiger charge is 2.18. The molecule has 0 saturated heterocycles. The van der Waals surface area contributed by atoms with E-state index >= 15 is 0 Å². The summed E-state index contributed by atoms with van der Waals surface area (Å²) < 4.78 is 8.99. The van der Waals surface area contributed by atoms with Crippen molar-refractivity contribution >= 4 is 11.8 Å². The quantitative estimate of drug-likeness (QED) is 0.674. The van der Waals surface area contributed by atoms with Gasteiger partial charge in [0.25, 0.3) is 0 Å². The summed E-state index contributed by atoms with van der Waals surface area (Å²) in [5.74, 6) is 2.16. The van der Waals surface area contributed by atoms with Gasteiger partial charge < -0.3 is 9.30 Å². The highest BCUT2D eigenvalue weighted by molar-refractivity contribution is 7.98. The van der Waals surface area contributed by atoms with Crippen LogP contribution >= 0.6 is 11.8 Å². The molecule has 6 nitrogen and oxygen atoms in total. The van der Waals surface area contributed by atoms with Crippen molar-refractivity contribution < 1.29 is 4.74 Å². The number of methoxy groups -OCH3 is 1. The van der Waals surface area contributed by atoms with Gasteiger partial charge >= 0.3 is 0 Å². The topological polar surface area (TPSA) is 57.8 Å². The molecule has 0 atom stereocenters. The van der Waals surface area contributed by atoms with E-state index in [1.807, 2.05) is 24.9 Å². The first kappa shape index (κ1) is 15.6. The van der Waals surface area contributed by atoms with Gasteiger partial charge in [-0.2, -0.15) is 0 Å². The minimum Gasteiger partial charge on any atom is -0.479 e. The van der Waals surface area contributed by atoms with Gasteiger partial charge in [0.15, 0.2) is 11.0 Å². The van der Waals surface area contributed by atoms with E-state index in [4.69, 9.17) is 4.74 Å². The Morgan fingerprint density at radius 2 is 2.04 bits per heavy atom. The maximum absolute atomic E-state index is 5.31. The van der Waals surface area contributed by atoms with E-state index in [1.54, 1.807) is 23.6 Å². The molecule has 120 valence electrons. The van der Waals surface area contributed by atoms with Crippen molar-refractivity contribution in [2.24, 2.45) is 14.1 Å². The van der Waals surface area contributed by atoms with Gasteiger partial charge in [0.2, 0.25) is 5.88 Å². The zero-order chi connectivity index (χ0) is 16.4. The molecule has 0 N–H and O–H groups in total. The number of aryl methyl sites for hydroxylation is 2. The Morgan fingerprint density at radius 3 is 2.78 bits per heavy atom. The number of thioether (sulfide) groups is 1. The van der Waals surface area contributed by atoms with Crippen LogP contribution in [0.3, 0.4) is 0 Å². The number of ether oxygens (including phenoxy) is 1. The molecular weight excluding hydrogens is 310 g/mol. The average molecular weight is 329 g/mol. The van der Waals surface area contributed by atoms with Crippen LogP contribution in [0.5, 0.6) is 5.88 Å². The molecule has 0 radical (unpaired) electrons. The molecule has 2 heterocycles. The lowest BCUT2D eigenvalue weighted by Crippen LogP contribution is -1.96. The van der Waals surface area contributed by atoms with E-state index in [-0.39, 0.29) is 0 Å². The Kier molecular flexibility index (Phi) is 4.38. The summed E-state index contributed by atoms with van der Waals surface area (Å²) in [5, 5.41) is 13.7. The van der Waals surface area contributed by atoms with Gasteiger partial charge in [-0.1, -0.05) is 41.6 Å². The maximum atomic E-state index is 5.31. The first-order chi connectivity index (χ1) is 11.1. The maximum Gasteiger partial charge on any atom is 0.243 e. The van der Waals surface area contributed by atoms with Gasteiger partial charge in [0, 0.05) is 26.0 Å². The zero-order valence-corrected chi connectivity index (χ0v) is 14.5. The predicted molar refractivity (Wildman–Crippen MR) is 90.5 cm³/mol. The lowest BCUT2D eigenvalue weighted by Gasteiger charge is -2.04. The molecular formula is C16H19N5OS. The Balaban J connectivity index is 1.82. The summed E-state index contributed by atoms with van der Waals surface area (Å²) in [6.45, 7) is 2.10. The average Bonchev–Trinajstić information content (AvgIpc) is 3.08. The molecule has 0 fully saturated rings. The third-order valence-corrected chi connectivity index (χ3v) is 4.61. The van der Waals surface area contributed by atoms with Crippen LogP contribution in [-0.2, 0) is 19.8 Å². The van der Waals surface area contributed by atoms with Crippen molar-refractivity contribution in [3.8, 4) is 17.3 Å². The first-order valence-electron chi connectivity index (χ1n) is 7.24. The molecule has 23 heavy (non-hydrogen) atoms.